The summed E-state index contributed by atoms with van der Waals surface area (Å²) in [6.07, 6.45) is 0. The van der Waals surface area contributed by atoms with Crippen LogP contribution in [0.5, 0.6) is 11.6 Å². The van der Waals surface area contributed by atoms with Crippen molar-refractivity contribution in [2.45, 2.75) is 20.8 Å². The Morgan fingerprint density at radius 1 is 0.970 bits per heavy atom. The van der Waals surface area contributed by atoms with Crippen LogP contribution in [0.2, 0.25) is 0 Å². The number of nitrogens with zero attached hydrogens (tertiary/aromatic N) is 4. The lowest BCUT2D eigenvalue weighted by Gasteiger charge is -2.10. The highest BCUT2D eigenvalue weighted by Crippen LogP contribution is 2.27. The van der Waals surface area contributed by atoms with Crippen LogP contribution < -0.4 is 10.1 Å². The Labute approximate surface area is 194 Å². The first-order valence-corrected chi connectivity index (χ1v) is 11.2. The van der Waals surface area contributed by atoms with Gasteiger partial charge in [0.2, 0.25) is 5.88 Å². The smallest absolute Gasteiger partial charge is 0.265 e. The molecule has 1 N–H and O–H groups in total. The predicted molar refractivity (Wildman–Crippen MR) is 130 cm³/mol. The zero-order valence-corrected chi connectivity index (χ0v) is 19.2. The molecule has 0 spiro atoms. The fourth-order valence-corrected chi connectivity index (χ4v) is 4.52. The Hall–Kier alpha value is -4.04. The third-order valence-electron chi connectivity index (χ3n) is 5.01. The number of fused-ring (bicyclic) bond motifs is 1. The molecule has 0 saturated carbocycles. The highest BCUT2D eigenvalue weighted by Gasteiger charge is 2.12. The summed E-state index contributed by atoms with van der Waals surface area (Å²) in [6, 6.07) is 20.8. The molecule has 0 atom stereocenters. The van der Waals surface area contributed by atoms with E-state index in [2.05, 4.69) is 20.4 Å². The van der Waals surface area contributed by atoms with Gasteiger partial charge in [-0.05, 0) is 68.6 Å². The molecule has 164 valence electrons. The Kier molecular flexibility index (Phi) is 5.35. The van der Waals surface area contributed by atoms with Gasteiger partial charge in [-0.25, -0.2) is 9.67 Å². The number of aryl methyl sites for hydroxylation is 3. The fourth-order valence-electron chi connectivity index (χ4n) is 3.56. The molecule has 0 fully saturated rings. The quantitative estimate of drug-likeness (QED) is 0.360. The molecular weight excluding hydrogens is 434 g/mol. The second-order valence-corrected chi connectivity index (χ2v) is 8.76. The minimum absolute atomic E-state index is 0.133. The van der Waals surface area contributed by atoms with E-state index in [1.54, 1.807) is 35.0 Å². The molecule has 0 saturated heterocycles. The second kappa shape index (κ2) is 8.48. The van der Waals surface area contributed by atoms with Crippen LogP contribution in [0.4, 0.5) is 5.69 Å². The Morgan fingerprint density at radius 2 is 1.76 bits per heavy atom. The van der Waals surface area contributed by atoms with Crippen molar-refractivity contribution in [2.75, 3.05) is 5.32 Å². The lowest BCUT2D eigenvalue weighted by Crippen LogP contribution is -2.09. The summed E-state index contributed by atoms with van der Waals surface area (Å²) in [5.41, 5.74) is 2.59. The summed E-state index contributed by atoms with van der Waals surface area (Å²) in [7, 11) is 0. The van der Waals surface area contributed by atoms with Gasteiger partial charge in [-0.15, -0.1) is 11.3 Å². The molecule has 0 aliphatic carbocycles. The van der Waals surface area contributed by atoms with E-state index in [1.165, 1.54) is 11.3 Å². The monoisotopic (exact) mass is 455 g/mol. The molecular formula is C25H21N5O2S. The maximum Gasteiger partial charge on any atom is 0.265 e. The number of rotatable bonds is 5. The number of nitrogens with one attached hydrogen (secondary N) is 1. The van der Waals surface area contributed by atoms with Gasteiger partial charge in [0, 0.05) is 22.1 Å². The first-order valence-electron chi connectivity index (χ1n) is 10.4. The van der Waals surface area contributed by atoms with Gasteiger partial charge in [0.25, 0.3) is 5.91 Å². The number of hydrogen-bond donors (Lipinski definition) is 1. The number of hydrogen-bond acceptors (Lipinski definition) is 6. The van der Waals surface area contributed by atoms with Crippen molar-refractivity contribution in [1.82, 2.24) is 19.7 Å². The van der Waals surface area contributed by atoms with E-state index >= 15 is 0 Å². The Balaban J connectivity index is 1.31. The maximum atomic E-state index is 12.6. The Morgan fingerprint density at radius 3 is 2.48 bits per heavy atom. The molecule has 0 unspecified atom stereocenters. The molecule has 0 aliphatic rings. The number of benzene rings is 2. The standard InChI is InChI=1S/C25H21N5O2S/c1-15-12-16(2)30(29-15)23-14-24(27-17(3)26-23)32-20-10-8-19(9-11-20)28-25(31)22-13-18-6-4-5-7-21(18)33-22/h4-14H,1-3H3,(H,28,31). The summed E-state index contributed by atoms with van der Waals surface area (Å²) in [4.78, 5) is 22.2. The number of thiophene rings is 1. The summed E-state index contributed by atoms with van der Waals surface area (Å²) < 4.78 is 8.81. The molecule has 7 nitrogen and oxygen atoms in total. The second-order valence-electron chi connectivity index (χ2n) is 7.68. The lowest BCUT2D eigenvalue weighted by molar-refractivity contribution is 0.103. The van der Waals surface area contributed by atoms with E-state index in [0.717, 1.165) is 21.5 Å². The highest BCUT2D eigenvalue weighted by atomic mass is 32.1. The molecule has 2 aromatic carbocycles. The van der Waals surface area contributed by atoms with Crippen LogP contribution in [0.3, 0.4) is 0 Å². The number of anilines is 1. The molecule has 33 heavy (non-hydrogen) atoms. The van der Waals surface area contributed by atoms with Gasteiger partial charge in [-0.1, -0.05) is 18.2 Å². The van der Waals surface area contributed by atoms with Crippen molar-refractivity contribution >= 4 is 33.0 Å². The molecule has 0 aliphatic heterocycles. The van der Waals surface area contributed by atoms with Gasteiger partial charge in [0.1, 0.15) is 11.6 Å². The lowest BCUT2D eigenvalue weighted by atomic mass is 10.2. The first-order chi connectivity index (χ1) is 15.9. The molecule has 3 heterocycles. The van der Waals surface area contributed by atoms with Gasteiger partial charge in [0.15, 0.2) is 5.82 Å². The van der Waals surface area contributed by atoms with Crippen LogP contribution in [0, 0.1) is 20.8 Å². The largest absolute Gasteiger partial charge is 0.439 e. The average Bonchev–Trinajstić information content (AvgIpc) is 3.37. The number of ether oxygens (including phenoxy) is 1. The summed E-state index contributed by atoms with van der Waals surface area (Å²) in [5.74, 6) is 2.13. The molecule has 5 rings (SSSR count). The molecule has 8 heteroatoms. The maximum absolute atomic E-state index is 12.6. The molecule has 5 aromatic rings. The summed E-state index contributed by atoms with van der Waals surface area (Å²) in [5, 5.41) is 8.48. The average molecular weight is 456 g/mol. The summed E-state index contributed by atoms with van der Waals surface area (Å²) in [6.45, 7) is 5.73. The molecule has 0 radical (unpaired) electrons. The van der Waals surface area contributed by atoms with Crippen molar-refractivity contribution in [2.24, 2.45) is 0 Å². The van der Waals surface area contributed by atoms with E-state index in [9.17, 15) is 4.79 Å². The topological polar surface area (TPSA) is 81.9 Å². The first kappa shape index (κ1) is 20.8. The predicted octanol–water partition coefficient (Wildman–Crippen LogP) is 5.85. The van der Waals surface area contributed by atoms with Gasteiger partial charge in [-0.3, -0.25) is 4.79 Å². The number of carbonyl (C=O) groups is 1. The van der Waals surface area contributed by atoms with E-state index in [4.69, 9.17) is 4.74 Å². The summed E-state index contributed by atoms with van der Waals surface area (Å²) >= 11 is 1.47. The van der Waals surface area contributed by atoms with Gasteiger partial charge < -0.3 is 10.1 Å². The minimum atomic E-state index is -0.133. The van der Waals surface area contributed by atoms with Crippen molar-refractivity contribution in [3.05, 3.63) is 88.8 Å². The van der Waals surface area contributed by atoms with Crippen molar-refractivity contribution in [3.63, 3.8) is 0 Å². The van der Waals surface area contributed by atoms with Crippen molar-refractivity contribution in [1.29, 1.82) is 0 Å². The molecule has 1 amide bonds. The van der Waals surface area contributed by atoms with Crippen LogP contribution in [0.15, 0.2) is 66.7 Å². The third-order valence-corrected chi connectivity index (χ3v) is 6.13. The minimum Gasteiger partial charge on any atom is -0.439 e. The SMILES string of the molecule is Cc1cc(C)n(-c2cc(Oc3ccc(NC(=O)c4cc5ccccc5s4)cc3)nc(C)n2)n1. The van der Waals surface area contributed by atoms with Crippen molar-refractivity contribution < 1.29 is 9.53 Å². The van der Waals surface area contributed by atoms with Crippen LogP contribution in [0.1, 0.15) is 26.9 Å². The fraction of sp³-hybridized carbons (Fsp3) is 0.120. The third kappa shape index (κ3) is 4.47. The van der Waals surface area contributed by atoms with Crippen LogP contribution >= 0.6 is 11.3 Å². The van der Waals surface area contributed by atoms with E-state index in [0.29, 0.717) is 33.8 Å². The van der Waals surface area contributed by atoms with E-state index < -0.39 is 0 Å². The zero-order valence-electron chi connectivity index (χ0n) is 18.4. The van der Waals surface area contributed by atoms with Gasteiger partial charge >= 0.3 is 0 Å². The van der Waals surface area contributed by atoms with Crippen LogP contribution in [-0.2, 0) is 0 Å². The number of aromatic nitrogens is 4. The molecule has 3 aromatic heterocycles. The Bertz CT molecular complexity index is 1440. The van der Waals surface area contributed by atoms with Gasteiger partial charge in [0.05, 0.1) is 10.6 Å². The number of amides is 1. The van der Waals surface area contributed by atoms with Crippen LogP contribution in [0.25, 0.3) is 15.9 Å². The molecule has 0 bridgehead atoms. The van der Waals surface area contributed by atoms with Gasteiger partial charge in [-0.2, -0.15) is 10.1 Å². The number of carbonyl (C=O) groups excluding carboxylic acids is 1. The van der Waals surface area contributed by atoms with E-state index in [-0.39, 0.29) is 5.91 Å². The van der Waals surface area contributed by atoms with E-state index in [1.807, 2.05) is 57.2 Å². The van der Waals surface area contributed by atoms with Crippen LogP contribution in [-0.4, -0.2) is 25.7 Å². The van der Waals surface area contributed by atoms with Crippen molar-refractivity contribution in [3.8, 4) is 17.4 Å². The normalized spacial score (nSPS) is 11.0. The highest BCUT2D eigenvalue weighted by molar-refractivity contribution is 7.20. The zero-order chi connectivity index (χ0) is 22.9.